The van der Waals surface area contributed by atoms with Gasteiger partial charge in [0.1, 0.15) is 52.9 Å². The zero-order valence-corrected chi connectivity index (χ0v) is 90.5. The van der Waals surface area contributed by atoms with E-state index in [9.17, 15) is 43.2 Å². The number of carbonyl (C=O) groups excluding carboxylic acids is 9. The van der Waals surface area contributed by atoms with Crippen molar-refractivity contribution < 1.29 is 188 Å². The average molecular weight is 2130 g/mol. The number of alkyl halides is 5. The quantitative estimate of drug-likeness (QED) is 0.00508. The number of carbonyl (C=O) groups is 9. The minimum Gasteiger partial charge on any atom is -0.463 e. The molecule has 48 nitrogen and oxygen atoms in total. The molecule has 0 saturated carbocycles. The Morgan fingerprint density at radius 3 is 0.453 bits per heavy atom. The van der Waals surface area contributed by atoms with Gasteiger partial charge in [-0.2, -0.15) is 0 Å². The molecule has 0 saturated heterocycles. The first kappa shape index (κ1) is 144. The topological polar surface area (TPSA) is 673 Å². The number of aliphatic hydroxyl groups excluding tert-OH is 4. The molecule has 0 atom stereocenters. The zero-order chi connectivity index (χ0) is 107. The molecule has 0 spiro atoms. The van der Waals surface area contributed by atoms with E-state index in [4.69, 9.17) is 218 Å². The molecular weight excluding hydrogens is 1980 g/mol. The predicted octanol–water partition coefficient (Wildman–Crippen LogP) is 8.73. The second kappa shape index (κ2) is 81.3. The summed E-state index contributed by atoms with van der Waals surface area (Å²) in [4.78, 5) is 122. The number of esters is 8. The van der Waals surface area contributed by atoms with Gasteiger partial charge in [0, 0.05) is 75.2 Å². The maximum atomic E-state index is 12.5. The molecule has 0 bridgehead atoms. The zero-order valence-electron chi connectivity index (χ0n) is 83.9. The average Bonchev–Trinajstić information content (AvgIpc) is 0.864. The summed E-state index contributed by atoms with van der Waals surface area (Å²) in [5, 5.41) is 48.5. The van der Waals surface area contributed by atoms with Crippen LogP contribution < -0.4 is 29.6 Å². The first-order valence-electron chi connectivity index (χ1n) is 43.4. The molecule has 0 aliphatic rings. The number of hydrogen-bond acceptors (Lipinski definition) is 37. The molecule has 0 aromatic heterocycles. The van der Waals surface area contributed by atoms with Crippen molar-refractivity contribution in [2.24, 2.45) is 85.4 Å². The van der Waals surface area contributed by atoms with Crippen LogP contribution >= 0.6 is 69.6 Å². The maximum Gasteiger partial charge on any atom is 1.00 e. The van der Waals surface area contributed by atoms with Gasteiger partial charge in [0.25, 0.3) is 0 Å². The van der Waals surface area contributed by atoms with E-state index < -0.39 is 113 Å². The third-order valence-corrected chi connectivity index (χ3v) is 22.1. The van der Waals surface area contributed by atoms with Crippen LogP contribution in [0.25, 0.3) is 57.7 Å². The predicted molar refractivity (Wildman–Crippen MR) is 508 cm³/mol. The van der Waals surface area contributed by atoms with Crippen LogP contribution in [0, 0.1) is 65.0 Å². The normalized spacial score (nSPS) is 12.2. The maximum absolute atomic E-state index is 12.5. The van der Waals surface area contributed by atoms with Crippen molar-refractivity contribution in [1.29, 1.82) is 0 Å². The molecule has 0 unspecified atom stereocenters. The van der Waals surface area contributed by atoms with Gasteiger partial charge in [0.15, 0.2) is 0 Å². The van der Waals surface area contributed by atoms with Gasteiger partial charge in [-0.25, -0.2) is 0 Å². The summed E-state index contributed by atoms with van der Waals surface area (Å²) in [6.45, 7) is 29.1. The Labute approximate surface area is 866 Å². The molecule has 0 fully saturated rings. The Bertz CT molecular complexity index is 3250. The van der Waals surface area contributed by atoms with Crippen LogP contribution in [0.15, 0.2) is 20.5 Å². The fraction of sp³-hybridized carbons (Fsp3) is 0.893. The van der Waals surface area contributed by atoms with Crippen molar-refractivity contribution in [2.75, 3.05) is 293 Å². The molecule has 55 heteroatoms. The minimum atomic E-state index is -1.09. The summed E-state index contributed by atoms with van der Waals surface area (Å²) >= 11 is 34.0. The van der Waals surface area contributed by atoms with Crippen molar-refractivity contribution >= 4 is 123 Å². The first-order valence-corrected chi connectivity index (χ1v) is 46.5. The molecule has 139 heavy (non-hydrogen) atoms. The molecule has 0 amide bonds. The molecule has 0 rings (SSSR count). The standard InChI is InChI=1S/C33H56Cl4O12.C33H56N12O12.C13H28O8.C5H8Cl2O.N3.Na/c1-29(2,17-34)25(38)46-13-9-42-21-33(22-43-10-14-47-26(39)30(3,4)18-35,23-44-11-15-48-27(40)31(5,6)19-36)24-45-12-16-49-28(41)32(7,8)20-37;1-29(2,17-38-42-34)25(46)54-13-9-50-21-33(22-51-10-14-55-26(47)30(3,4)18-39-43-35,23-52-11-15-56-27(48)31(5,6)19-40-44-36)24-53-12-16-57-28(49)32(7,8)20-41-45-37;14-1-5-18-9-13(10-19-6-2-15,11-20-7-3-16)12-21-8-4-17;1-5(2,3-6)4(7)8;1-3-2;/h9-24H2,1-8H3;9-24H2,1-8H3;14-17H,1-12H2;3H2,1-2H3;;/q;;;;-1;+1. The summed E-state index contributed by atoms with van der Waals surface area (Å²) < 4.78 is 111. The van der Waals surface area contributed by atoms with Crippen LogP contribution in [-0.2, 0) is 138 Å². The Kier molecular flexibility index (Phi) is 84.1. The van der Waals surface area contributed by atoms with Crippen LogP contribution in [0.4, 0.5) is 0 Å². The molecule has 0 aliphatic heterocycles. The van der Waals surface area contributed by atoms with Gasteiger partial charge in [-0.1, -0.05) is 34.3 Å². The van der Waals surface area contributed by atoms with Crippen LogP contribution in [0.2, 0.25) is 0 Å². The number of rotatable bonds is 78. The van der Waals surface area contributed by atoms with Gasteiger partial charge in [0.2, 0.25) is 5.24 Å². The van der Waals surface area contributed by atoms with Crippen molar-refractivity contribution in [3.63, 3.8) is 0 Å². The van der Waals surface area contributed by atoms with E-state index in [1.807, 2.05) is 0 Å². The molecule has 4 N–H and O–H groups in total. The first-order chi connectivity index (χ1) is 64.7. The smallest absolute Gasteiger partial charge is 0.463 e. The van der Waals surface area contributed by atoms with E-state index >= 15 is 0 Å². The number of halogens is 6. The second-order valence-electron chi connectivity index (χ2n) is 36.7. The molecule has 0 aromatic rings. The van der Waals surface area contributed by atoms with Crippen LogP contribution in [-0.4, -0.2) is 367 Å². The molecular formula is C84H148Cl6N15NaO33. The van der Waals surface area contributed by atoms with E-state index in [1.165, 1.54) is 4.91 Å². The number of aliphatic hydroxyl groups is 4. The largest absolute Gasteiger partial charge is 1.00 e. The summed E-state index contributed by atoms with van der Waals surface area (Å²) in [5.74, 6) is -3.61. The van der Waals surface area contributed by atoms with Gasteiger partial charge in [-0.05, 0) is 145 Å². The van der Waals surface area contributed by atoms with Gasteiger partial charge in [0.05, 0.1) is 250 Å². The monoisotopic (exact) mass is 2130 g/mol. The van der Waals surface area contributed by atoms with Crippen molar-refractivity contribution in [2.45, 2.75) is 125 Å². The van der Waals surface area contributed by atoms with Gasteiger partial charge >= 0.3 is 77.3 Å². The number of azide groups is 4. The summed E-state index contributed by atoms with van der Waals surface area (Å²) in [6.07, 6.45) is 0. The minimum absolute atomic E-state index is 0. The van der Waals surface area contributed by atoms with E-state index in [0.717, 1.165) is 0 Å². The molecule has 0 aliphatic carbocycles. The number of ether oxygens (including phenoxy) is 20. The van der Waals surface area contributed by atoms with E-state index in [2.05, 4.69) is 40.1 Å². The Morgan fingerprint density at radius 2 is 0.353 bits per heavy atom. The van der Waals surface area contributed by atoms with Crippen molar-refractivity contribution in [1.82, 2.24) is 0 Å². The SMILES string of the molecule is CC(C)(CCl)C(=O)Cl.CC(C)(CCl)C(=O)OCCOCC(COCCOC(=O)C(C)(C)CCl)(COCCOC(=O)C(C)(C)CCl)COCCOC(=O)C(C)(C)CCl.CC(C)(CN=[N+]=[N-])C(=O)OCCOCC(COCCOC(=O)C(C)(C)CN=[N+]=[N-])(COCCOC(=O)C(C)(C)CN=[N+]=[N-])COCCOC(=O)C(C)(C)CN=[N+]=[N-].OCCOCC(COCCO)(COCCO)COCCO.[N-]=[N+]=[N-].[Na+]. The Morgan fingerprint density at radius 1 is 0.230 bits per heavy atom. The number of nitrogens with zero attached hydrogens (tertiary/aromatic N) is 15. The summed E-state index contributed by atoms with van der Waals surface area (Å²) in [7, 11) is 0. The van der Waals surface area contributed by atoms with Gasteiger partial charge < -0.3 is 126 Å². The molecule has 0 radical (unpaired) electrons. The van der Waals surface area contributed by atoms with Crippen LogP contribution in [0.3, 0.4) is 0 Å². The third kappa shape index (κ3) is 69.7. The van der Waals surface area contributed by atoms with E-state index in [0.29, 0.717) is 0 Å². The fourth-order valence-electron chi connectivity index (χ4n) is 8.94. The van der Waals surface area contributed by atoms with Gasteiger partial charge in [-0.15, -0.1) is 58.0 Å². The summed E-state index contributed by atoms with van der Waals surface area (Å²) in [5.41, 5.74) is 37.0. The summed E-state index contributed by atoms with van der Waals surface area (Å²) in [6, 6.07) is 0. The van der Waals surface area contributed by atoms with E-state index in [1.54, 1.807) is 125 Å². The fourth-order valence-corrected chi connectivity index (χ4v) is 9.64. The Hall–Kier alpha value is -5.92. The van der Waals surface area contributed by atoms with Crippen molar-refractivity contribution in [3.8, 4) is 0 Å². The Balaban J connectivity index is -0.000000483. The van der Waals surface area contributed by atoms with Gasteiger partial charge in [-0.3, -0.25) is 48.1 Å². The van der Waals surface area contributed by atoms with Crippen LogP contribution in [0.5, 0.6) is 0 Å². The second-order valence-corrected chi connectivity index (χ2v) is 38.3. The number of hydrogen-bond donors (Lipinski definition) is 4. The third-order valence-electron chi connectivity index (χ3n) is 18.3. The van der Waals surface area contributed by atoms with Crippen LogP contribution in [0.1, 0.15) is 125 Å². The molecule has 800 valence electrons. The van der Waals surface area contributed by atoms with E-state index in [-0.39, 0.29) is 328 Å². The van der Waals surface area contributed by atoms with Crippen molar-refractivity contribution in [3.05, 3.63) is 57.7 Å². The molecule has 0 heterocycles. The molecule has 0 aromatic carbocycles.